The molecule has 19 heavy (non-hydrogen) atoms. The summed E-state index contributed by atoms with van der Waals surface area (Å²) in [6.45, 7) is -0.366. The summed E-state index contributed by atoms with van der Waals surface area (Å²) < 4.78 is 60.8. The number of sulfone groups is 1. The van der Waals surface area contributed by atoms with Gasteiger partial charge in [0, 0.05) is 24.9 Å². The van der Waals surface area contributed by atoms with Crippen molar-refractivity contribution >= 4 is 19.9 Å². The lowest BCUT2D eigenvalue weighted by Gasteiger charge is -2.08. The van der Waals surface area contributed by atoms with Crippen LogP contribution in [0.15, 0.2) is 23.1 Å². The summed E-state index contributed by atoms with van der Waals surface area (Å²) in [4.78, 5) is -0.150. The Hall–Kier alpha value is -1.03. The number of sulfonamides is 1. The van der Waals surface area contributed by atoms with Gasteiger partial charge in [0.05, 0.1) is 10.6 Å². The monoisotopic (exact) mass is 310 g/mol. The molecule has 0 bridgehead atoms. The van der Waals surface area contributed by atoms with E-state index in [-0.39, 0.29) is 29.3 Å². The Labute approximate surface area is 111 Å². The highest BCUT2D eigenvalue weighted by molar-refractivity contribution is 7.91. The molecule has 0 atom stereocenters. The normalized spacial score (nSPS) is 12.6. The van der Waals surface area contributed by atoms with Crippen molar-refractivity contribution in [3.63, 3.8) is 0 Å². The van der Waals surface area contributed by atoms with Gasteiger partial charge < -0.3 is 5.73 Å². The van der Waals surface area contributed by atoms with E-state index in [9.17, 15) is 21.2 Å². The molecule has 0 amide bonds. The van der Waals surface area contributed by atoms with E-state index < -0.39 is 25.7 Å². The lowest BCUT2D eigenvalue weighted by molar-refractivity contribution is 0.580. The molecule has 0 heterocycles. The maximum atomic E-state index is 13.2. The molecule has 0 saturated carbocycles. The van der Waals surface area contributed by atoms with E-state index in [1.54, 1.807) is 0 Å². The summed E-state index contributed by atoms with van der Waals surface area (Å²) in [6.07, 6.45) is 1.01. The van der Waals surface area contributed by atoms with Crippen LogP contribution in [0.4, 0.5) is 4.39 Å². The van der Waals surface area contributed by atoms with Gasteiger partial charge in [-0.15, -0.1) is 0 Å². The van der Waals surface area contributed by atoms with Gasteiger partial charge in [0.25, 0.3) is 0 Å². The lowest BCUT2D eigenvalue weighted by Crippen LogP contribution is -2.29. The van der Waals surface area contributed by atoms with Crippen molar-refractivity contribution in [3.8, 4) is 0 Å². The number of halogens is 1. The van der Waals surface area contributed by atoms with Crippen LogP contribution < -0.4 is 10.5 Å². The molecule has 0 aliphatic rings. The smallest absolute Gasteiger partial charge is 0.240 e. The Morgan fingerprint density at radius 1 is 1.26 bits per heavy atom. The minimum atomic E-state index is -3.87. The number of benzene rings is 1. The van der Waals surface area contributed by atoms with Gasteiger partial charge >= 0.3 is 0 Å². The van der Waals surface area contributed by atoms with Gasteiger partial charge in [-0.25, -0.2) is 25.9 Å². The Balaban J connectivity index is 2.89. The quantitative estimate of drug-likeness (QED) is 0.744. The summed E-state index contributed by atoms with van der Waals surface area (Å²) in [5.74, 6) is -0.894. The predicted octanol–water partition coefficient (Wildman–Crippen LogP) is -0.393. The second-order valence-electron chi connectivity index (χ2n) is 3.98. The minimum absolute atomic E-state index is 0.0750. The minimum Gasteiger partial charge on any atom is -0.326 e. The summed E-state index contributed by atoms with van der Waals surface area (Å²) in [6, 6.07) is 3.22. The first kappa shape index (κ1) is 16.0. The van der Waals surface area contributed by atoms with Gasteiger partial charge in [0.1, 0.15) is 15.7 Å². The molecule has 1 aromatic rings. The Bertz CT molecular complexity index is 656. The van der Waals surface area contributed by atoms with Gasteiger partial charge in [-0.1, -0.05) is 0 Å². The van der Waals surface area contributed by atoms with Crippen molar-refractivity contribution in [1.29, 1.82) is 0 Å². The molecule has 0 saturated heterocycles. The standard InChI is InChI=1S/C10H15FN2O4S2/c1-18(14,15)5-4-13-19(16,17)9-2-3-10(11)8(6-9)7-12/h2-3,6,13H,4-5,7,12H2,1H3. The summed E-state index contributed by atoms with van der Waals surface area (Å²) in [7, 11) is -7.12. The second kappa shape index (κ2) is 5.95. The van der Waals surface area contributed by atoms with Gasteiger partial charge in [0.15, 0.2) is 0 Å². The lowest BCUT2D eigenvalue weighted by atomic mass is 10.2. The maximum absolute atomic E-state index is 13.2. The summed E-state index contributed by atoms with van der Waals surface area (Å²) >= 11 is 0. The summed E-state index contributed by atoms with van der Waals surface area (Å²) in [5, 5.41) is 0. The topological polar surface area (TPSA) is 106 Å². The van der Waals surface area contributed by atoms with Crippen LogP contribution in [-0.2, 0) is 26.4 Å². The Morgan fingerprint density at radius 3 is 2.42 bits per heavy atom. The number of nitrogens with one attached hydrogen (secondary N) is 1. The third-order valence-corrected chi connectivity index (χ3v) is 4.72. The molecule has 0 radical (unpaired) electrons. The van der Waals surface area contributed by atoms with Gasteiger partial charge in [-0.3, -0.25) is 0 Å². The zero-order chi connectivity index (χ0) is 14.7. The largest absolute Gasteiger partial charge is 0.326 e. The number of hydrogen-bond donors (Lipinski definition) is 2. The first-order chi connectivity index (χ1) is 8.65. The van der Waals surface area contributed by atoms with Crippen LogP contribution in [0.2, 0.25) is 0 Å². The number of nitrogens with two attached hydrogens (primary N) is 1. The van der Waals surface area contributed by atoms with Crippen LogP contribution in [-0.4, -0.2) is 35.4 Å². The maximum Gasteiger partial charge on any atom is 0.240 e. The molecule has 0 aliphatic heterocycles. The SMILES string of the molecule is CS(=O)(=O)CCNS(=O)(=O)c1ccc(F)c(CN)c1. The van der Waals surface area contributed by atoms with Crippen LogP contribution in [0, 0.1) is 5.82 Å². The van der Waals surface area contributed by atoms with Crippen LogP contribution in [0.5, 0.6) is 0 Å². The van der Waals surface area contributed by atoms with Gasteiger partial charge in [-0.2, -0.15) is 0 Å². The highest BCUT2D eigenvalue weighted by Crippen LogP contribution is 2.14. The van der Waals surface area contributed by atoms with E-state index in [0.717, 1.165) is 24.5 Å². The predicted molar refractivity (Wildman–Crippen MR) is 69.2 cm³/mol. The molecule has 0 spiro atoms. The van der Waals surface area contributed by atoms with Crippen LogP contribution >= 0.6 is 0 Å². The van der Waals surface area contributed by atoms with Crippen molar-refractivity contribution in [3.05, 3.63) is 29.6 Å². The van der Waals surface area contributed by atoms with Crippen molar-refractivity contribution in [2.75, 3.05) is 18.6 Å². The second-order valence-corrected chi connectivity index (χ2v) is 8.01. The van der Waals surface area contributed by atoms with E-state index in [2.05, 4.69) is 4.72 Å². The summed E-state index contributed by atoms with van der Waals surface area (Å²) in [5.41, 5.74) is 5.36. The fourth-order valence-electron chi connectivity index (χ4n) is 1.32. The molecule has 1 aromatic carbocycles. The molecule has 0 aliphatic carbocycles. The molecule has 0 unspecified atom stereocenters. The number of rotatable bonds is 6. The highest BCUT2D eigenvalue weighted by Gasteiger charge is 2.16. The average Bonchev–Trinajstić information content (AvgIpc) is 2.27. The fraction of sp³-hybridized carbons (Fsp3) is 0.400. The Morgan fingerprint density at radius 2 is 1.89 bits per heavy atom. The molecule has 0 aromatic heterocycles. The van der Waals surface area contributed by atoms with Crippen molar-refractivity contribution in [1.82, 2.24) is 4.72 Å². The van der Waals surface area contributed by atoms with E-state index in [4.69, 9.17) is 5.73 Å². The molecular weight excluding hydrogens is 295 g/mol. The van der Waals surface area contributed by atoms with E-state index >= 15 is 0 Å². The number of hydrogen-bond acceptors (Lipinski definition) is 5. The molecule has 0 fully saturated rings. The molecule has 9 heteroatoms. The highest BCUT2D eigenvalue weighted by atomic mass is 32.2. The van der Waals surface area contributed by atoms with Crippen LogP contribution in [0.3, 0.4) is 0 Å². The third kappa shape index (κ3) is 4.86. The average molecular weight is 310 g/mol. The first-order valence-electron chi connectivity index (χ1n) is 5.31. The van der Waals surface area contributed by atoms with E-state index in [1.807, 2.05) is 0 Å². The Kier molecular flexibility index (Phi) is 5.02. The molecule has 3 N–H and O–H groups in total. The van der Waals surface area contributed by atoms with Crippen LogP contribution in [0.25, 0.3) is 0 Å². The third-order valence-electron chi connectivity index (χ3n) is 2.31. The van der Waals surface area contributed by atoms with Crippen molar-refractivity contribution in [2.45, 2.75) is 11.4 Å². The zero-order valence-electron chi connectivity index (χ0n) is 10.3. The fourth-order valence-corrected chi connectivity index (χ4v) is 3.00. The molecule has 6 nitrogen and oxygen atoms in total. The van der Waals surface area contributed by atoms with E-state index in [1.165, 1.54) is 0 Å². The van der Waals surface area contributed by atoms with Crippen molar-refractivity contribution in [2.24, 2.45) is 5.73 Å². The van der Waals surface area contributed by atoms with Gasteiger partial charge in [0.2, 0.25) is 10.0 Å². The zero-order valence-corrected chi connectivity index (χ0v) is 11.9. The molecule has 1 rings (SSSR count). The first-order valence-corrected chi connectivity index (χ1v) is 8.86. The van der Waals surface area contributed by atoms with E-state index in [0.29, 0.717) is 0 Å². The van der Waals surface area contributed by atoms with Crippen LogP contribution in [0.1, 0.15) is 5.56 Å². The van der Waals surface area contributed by atoms with Crippen molar-refractivity contribution < 1.29 is 21.2 Å². The van der Waals surface area contributed by atoms with Gasteiger partial charge in [-0.05, 0) is 18.2 Å². The molecular formula is C10H15FN2O4S2. The molecule has 108 valence electrons.